The molecule has 5 heteroatoms. The van der Waals surface area contributed by atoms with Gasteiger partial charge in [0.05, 0.1) is 0 Å². The van der Waals surface area contributed by atoms with Crippen LogP contribution >= 0.6 is 0 Å². The summed E-state index contributed by atoms with van der Waals surface area (Å²) in [5.74, 6) is -0.713. The van der Waals surface area contributed by atoms with Gasteiger partial charge in [-0.05, 0) is 55.1 Å². The van der Waals surface area contributed by atoms with E-state index in [9.17, 15) is 8.78 Å². The van der Waals surface area contributed by atoms with Crippen LogP contribution in [-0.4, -0.2) is 17.2 Å². The summed E-state index contributed by atoms with van der Waals surface area (Å²) in [7, 11) is -1.84. The number of hydrogen-bond acceptors (Lipinski definition) is 2. The highest BCUT2D eigenvalue weighted by atomic mass is 19.1. The van der Waals surface area contributed by atoms with Crippen LogP contribution in [0.5, 0.6) is 0 Å². The molecule has 0 spiro atoms. The molecule has 2 rings (SSSR count). The molecule has 0 amide bonds. The SMILES string of the molecule is CCCCCC1CCC(c2c(F)cc(B(O)O)cc2F)CC1. The molecule has 1 aromatic rings. The third-order valence-corrected chi connectivity index (χ3v) is 4.87. The quantitative estimate of drug-likeness (QED) is 0.624. The predicted molar refractivity (Wildman–Crippen MR) is 85.0 cm³/mol. The third-order valence-electron chi connectivity index (χ3n) is 4.87. The fraction of sp³-hybridized carbons (Fsp3) is 0.647. The van der Waals surface area contributed by atoms with E-state index < -0.39 is 18.8 Å². The van der Waals surface area contributed by atoms with Crippen LogP contribution in [0, 0.1) is 17.6 Å². The second-order valence-electron chi connectivity index (χ2n) is 6.49. The van der Waals surface area contributed by atoms with Gasteiger partial charge in [0.2, 0.25) is 0 Å². The Balaban J connectivity index is 1.99. The van der Waals surface area contributed by atoms with Crippen molar-refractivity contribution in [3.8, 4) is 0 Å². The topological polar surface area (TPSA) is 40.5 Å². The maximum absolute atomic E-state index is 14.1. The first-order valence-corrected chi connectivity index (χ1v) is 8.37. The van der Waals surface area contributed by atoms with Crippen LogP contribution in [0.2, 0.25) is 0 Å². The molecule has 1 fully saturated rings. The normalized spacial score (nSPS) is 21.9. The van der Waals surface area contributed by atoms with E-state index in [0.717, 1.165) is 37.8 Å². The van der Waals surface area contributed by atoms with Crippen molar-refractivity contribution in [3.63, 3.8) is 0 Å². The van der Waals surface area contributed by atoms with Gasteiger partial charge < -0.3 is 10.0 Å². The van der Waals surface area contributed by atoms with E-state index in [-0.39, 0.29) is 16.9 Å². The summed E-state index contributed by atoms with van der Waals surface area (Å²) >= 11 is 0. The molecular formula is C17H25BF2O2. The average molecular weight is 310 g/mol. The Labute approximate surface area is 131 Å². The molecule has 0 radical (unpaired) electrons. The van der Waals surface area contributed by atoms with Crippen molar-refractivity contribution < 1.29 is 18.8 Å². The van der Waals surface area contributed by atoms with Crippen LogP contribution in [0.1, 0.15) is 69.8 Å². The fourth-order valence-electron chi connectivity index (χ4n) is 3.57. The van der Waals surface area contributed by atoms with Crippen molar-refractivity contribution in [2.45, 2.75) is 64.2 Å². The van der Waals surface area contributed by atoms with Gasteiger partial charge in [-0.15, -0.1) is 0 Å². The highest BCUT2D eigenvalue weighted by Crippen LogP contribution is 2.39. The lowest BCUT2D eigenvalue weighted by Crippen LogP contribution is -2.31. The van der Waals surface area contributed by atoms with Gasteiger partial charge in [0.15, 0.2) is 0 Å². The van der Waals surface area contributed by atoms with E-state index in [0.29, 0.717) is 5.92 Å². The lowest BCUT2D eigenvalue weighted by molar-refractivity contribution is 0.295. The van der Waals surface area contributed by atoms with Gasteiger partial charge in [0.1, 0.15) is 11.6 Å². The number of rotatable bonds is 6. The summed E-state index contributed by atoms with van der Waals surface area (Å²) in [5, 5.41) is 18.1. The molecule has 0 saturated heterocycles. The highest BCUT2D eigenvalue weighted by molar-refractivity contribution is 6.58. The first kappa shape index (κ1) is 17.4. The number of benzene rings is 1. The van der Waals surface area contributed by atoms with Crippen molar-refractivity contribution >= 4 is 12.6 Å². The minimum absolute atomic E-state index is 0.0905. The van der Waals surface area contributed by atoms with Gasteiger partial charge in [-0.1, -0.05) is 32.6 Å². The Morgan fingerprint density at radius 1 is 1.05 bits per heavy atom. The second-order valence-corrected chi connectivity index (χ2v) is 6.49. The van der Waals surface area contributed by atoms with Crippen LogP contribution < -0.4 is 5.46 Å². The van der Waals surface area contributed by atoms with Gasteiger partial charge in [-0.2, -0.15) is 0 Å². The van der Waals surface area contributed by atoms with Crippen molar-refractivity contribution in [1.82, 2.24) is 0 Å². The van der Waals surface area contributed by atoms with Crippen LogP contribution in [0.4, 0.5) is 8.78 Å². The van der Waals surface area contributed by atoms with Gasteiger partial charge in [-0.3, -0.25) is 0 Å². The van der Waals surface area contributed by atoms with E-state index in [4.69, 9.17) is 10.0 Å². The lowest BCUT2D eigenvalue weighted by atomic mass is 9.74. The van der Waals surface area contributed by atoms with E-state index in [2.05, 4.69) is 6.92 Å². The monoisotopic (exact) mass is 310 g/mol. The molecule has 0 heterocycles. The zero-order valence-electron chi connectivity index (χ0n) is 13.2. The van der Waals surface area contributed by atoms with Gasteiger partial charge in [-0.25, -0.2) is 8.78 Å². The highest BCUT2D eigenvalue weighted by Gasteiger charge is 2.28. The molecule has 0 atom stereocenters. The smallest absolute Gasteiger partial charge is 0.423 e. The molecule has 2 N–H and O–H groups in total. The molecule has 0 aromatic heterocycles. The first-order valence-electron chi connectivity index (χ1n) is 8.37. The van der Waals surface area contributed by atoms with Crippen LogP contribution in [0.3, 0.4) is 0 Å². The molecule has 122 valence electrons. The number of halogens is 2. The second kappa shape index (κ2) is 8.07. The molecule has 0 unspecified atom stereocenters. The summed E-state index contributed by atoms with van der Waals surface area (Å²) in [6, 6.07) is 2.08. The van der Waals surface area contributed by atoms with Crippen LogP contribution in [-0.2, 0) is 0 Å². The molecule has 22 heavy (non-hydrogen) atoms. The summed E-state index contributed by atoms with van der Waals surface area (Å²) in [6.07, 6.45) is 8.62. The summed E-state index contributed by atoms with van der Waals surface area (Å²) in [5.41, 5.74) is -0.0107. The summed E-state index contributed by atoms with van der Waals surface area (Å²) in [4.78, 5) is 0. The minimum atomic E-state index is -1.84. The Kier molecular flexibility index (Phi) is 6.39. The minimum Gasteiger partial charge on any atom is -0.423 e. The molecule has 1 aliphatic carbocycles. The van der Waals surface area contributed by atoms with Crippen molar-refractivity contribution in [2.75, 3.05) is 0 Å². The summed E-state index contributed by atoms with van der Waals surface area (Å²) < 4.78 is 28.3. The Hall–Kier alpha value is -0.935. The zero-order valence-corrected chi connectivity index (χ0v) is 13.2. The molecule has 1 aliphatic rings. The van der Waals surface area contributed by atoms with Crippen LogP contribution in [0.15, 0.2) is 12.1 Å². The largest absolute Gasteiger partial charge is 0.488 e. The molecule has 1 saturated carbocycles. The molecule has 0 aliphatic heterocycles. The molecule has 0 bridgehead atoms. The maximum Gasteiger partial charge on any atom is 0.488 e. The lowest BCUT2D eigenvalue weighted by Gasteiger charge is -2.29. The van der Waals surface area contributed by atoms with Gasteiger partial charge in [0.25, 0.3) is 0 Å². The fourth-order valence-corrected chi connectivity index (χ4v) is 3.57. The Morgan fingerprint density at radius 2 is 1.64 bits per heavy atom. The zero-order chi connectivity index (χ0) is 16.1. The van der Waals surface area contributed by atoms with Gasteiger partial charge in [0, 0.05) is 5.56 Å². The van der Waals surface area contributed by atoms with Crippen molar-refractivity contribution in [3.05, 3.63) is 29.3 Å². The number of hydrogen-bond donors (Lipinski definition) is 2. The standard InChI is InChI=1S/C17H25BF2O2/c1-2-3-4-5-12-6-8-13(9-7-12)17-15(19)10-14(18(21)22)11-16(17)20/h10-13,21-22H,2-9H2,1H3. The van der Waals surface area contributed by atoms with E-state index in [1.54, 1.807) is 0 Å². The molecular weight excluding hydrogens is 285 g/mol. The van der Waals surface area contributed by atoms with Gasteiger partial charge >= 0.3 is 7.12 Å². The maximum atomic E-state index is 14.1. The van der Waals surface area contributed by atoms with Crippen molar-refractivity contribution in [1.29, 1.82) is 0 Å². The summed E-state index contributed by atoms with van der Waals surface area (Å²) in [6.45, 7) is 2.19. The van der Waals surface area contributed by atoms with E-state index in [1.165, 1.54) is 25.7 Å². The average Bonchev–Trinajstić information content (AvgIpc) is 2.48. The number of unbranched alkanes of at least 4 members (excludes halogenated alkanes) is 2. The van der Waals surface area contributed by atoms with Crippen molar-refractivity contribution in [2.24, 2.45) is 5.92 Å². The Morgan fingerprint density at radius 3 is 2.14 bits per heavy atom. The van der Waals surface area contributed by atoms with E-state index in [1.807, 2.05) is 0 Å². The third kappa shape index (κ3) is 4.29. The van der Waals surface area contributed by atoms with Crippen LogP contribution in [0.25, 0.3) is 0 Å². The molecule has 1 aromatic carbocycles. The Bertz CT molecular complexity index is 463. The van der Waals surface area contributed by atoms with E-state index >= 15 is 0 Å². The predicted octanol–water partition coefficient (Wildman–Crippen LogP) is 3.50. The molecule has 2 nitrogen and oxygen atoms in total. The first-order chi connectivity index (χ1) is 10.5.